The van der Waals surface area contributed by atoms with Crippen LogP contribution in [-0.2, 0) is 0 Å². The number of unbranched alkanes of at least 4 members (excludes halogenated alkanes) is 9. The Labute approximate surface area is 212 Å². The summed E-state index contributed by atoms with van der Waals surface area (Å²) in [6.07, 6.45) is 29.2. The molecule has 0 spiro atoms. The van der Waals surface area contributed by atoms with Gasteiger partial charge in [-0.15, -0.1) is 14.0 Å². The van der Waals surface area contributed by atoms with E-state index in [2.05, 4.69) is 20.9 Å². The molecule has 3 aliphatic heterocycles. The minimum atomic E-state index is -1.30. The predicted molar refractivity (Wildman–Crippen MR) is 140 cm³/mol. The first-order valence-electron chi connectivity index (χ1n) is 14.5. The van der Waals surface area contributed by atoms with E-state index >= 15 is 0 Å². The smallest absolute Gasteiger partial charge is 0.227 e. The minimum Gasteiger partial charge on any atom is -1.00 e. The molecular formula is C27H55BrN3P. The number of nitrogens with zero attached hydrogens (tertiary/aromatic N) is 3. The van der Waals surface area contributed by atoms with Crippen LogP contribution < -0.4 is 17.0 Å². The molecule has 3 rings (SSSR count). The summed E-state index contributed by atoms with van der Waals surface area (Å²) in [4.78, 5) is 0. The van der Waals surface area contributed by atoms with E-state index in [9.17, 15) is 0 Å². The van der Waals surface area contributed by atoms with Crippen LogP contribution in [0.5, 0.6) is 0 Å². The molecule has 190 valence electrons. The quantitative estimate of drug-likeness (QED) is 0.227. The molecule has 5 heteroatoms. The first kappa shape index (κ1) is 29.0. The van der Waals surface area contributed by atoms with Gasteiger partial charge in [-0.3, -0.25) is 0 Å². The Balaban J connectivity index is 0.00000363. The largest absolute Gasteiger partial charge is 1.00 e. The summed E-state index contributed by atoms with van der Waals surface area (Å²) < 4.78 is 9.25. The summed E-state index contributed by atoms with van der Waals surface area (Å²) in [5.41, 5.74) is 0. The van der Waals surface area contributed by atoms with Crippen LogP contribution in [0.1, 0.15) is 129 Å². The van der Waals surface area contributed by atoms with Gasteiger partial charge < -0.3 is 17.0 Å². The molecule has 0 amide bonds. The van der Waals surface area contributed by atoms with Crippen LogP contribution in [0, 0.1) is 0 Å². The molecule has 0 unspecified atom stereocenters. The fraction of sp³-hybridized carbons (Fsp3) is 1.00. The molecule has 3 fully saturated rings. The lowest BCUT2D eigenvalue weighted by Gasteiger charge is -2.51. The van der Waals surface area contributed by atoms with Crippen molar-refractivity contribution in [3.63, 3.8) is 0 Å². The van der Waals surface area contributed by atoms with Crippen molar-refractivity contribution in [1.29, 1.82) is 0 Å². The van der Waals surface area contributed by atoms with Gasteiger partial charge >= 0.3 is 0 Å². The zero-order valence-electron chi connectivity index (χ0n) is 21.6. The molecule has 0 bridgehead atoms. The second-order valence-electron chi connectivity index (χ2n) is 10.6. The molecule has 3 aliphatic rings. The molecule has 3 saturated heterocycles. The van der Waals surface area contributed by atoms with Crippen LogP contribution in [0.4, 0.5) is 0 Å². The molecule has 0 atom stereocenters. The second-order valence-corrected chi connectivity index (χ2v) is 14.2. The second kappa shape index (κ2) is 17.3. The van der Waals surface area contributed by atoms with Gasteiger partial charge in [0.15, 0.2) is 0 Å². The average molecular weight is 533 g/mol. The van der Waals surface area contributed by atoms with E-state index in [1.807, 2.05) is 0 Å². The van der Waals surface area contributed by atoms with Gasteiger partial charge in [0.1, 0.15) is 6.16 Å². The summed E-state index contributed by atoms with van der Waals surface area (Å²) in [5.74, 6) is 0. The maximum absolute atomic E-state index is 3.08. The summed E-state index contributed by atoms with van der Waals surface area (Å²) >= 11 is 0. The van der Waals surface area contributed by atoms with Crippen LogP contribution in [0.15, 0.2) is 0 Å². The van der Waals surface area contributed by atoms with Gasteiger partial charge in [0.25, 0.3) is 0 Å². The number of piperidine rings is 3. The zero-order chi connectivity index (χ0) is 21.6. The fourth-order valence-electron chi connectivity index (χ4n) is 6.36. The summed E-state index contributed by atoms with van der Waals surface area (Å²) in [7, 11) is -1.30. The van der Waals surface area contributed by atoms with Crippen LogP contribution in [0.2, 0.25) is 0 Å². The van der Waals surface area contributed by atoms with Crippen molar-refractivity contribution in [3.05, 3.63) is 0 Å². The van der Waals surface area contributed by atoms with Gasteiger partial charge in [0, 0.05) is 39.3 Å². The van der Waals surface area contributed by atoms with Crippen molar-refractivity contribution < 1.29 is 17.0 Å². The summed E-state index contributed by atoms with van der Waals surface area (Å²) in [6.45, 7) is 10.6. The van der Waals surface area contributed by atoms with Crippen molar-refractivity contribution in [2.24, 2.45) is 0 Å². The van der Waals surface area contributed by atoms with Gasteiger partial charge in [-0.05, 0) is 51.4 Å². The van der Waals surface area contributed by atoms with E-state index in [0.29, 0.717) is 0 Å². The normalized spacial score (nSPS) is 22.0. The van der Waals surface area contributed by atoms with Crippen LogP contribution in [0.25, 0.3) is 0 Å². The maximum Gasteiger partial charge on any atom is 0.227 e. The maximum atomic E-state index is 3.08. The lowest BCUT2D eigenvalue weighted by molar-refractivity contribution is -0.00000702. The summed E-state index contributed by atoms with van der Waals surface area (Å²) in [5, 5.41) is 0. The highest BCUT2D eigenvalue weighted by molar-refractivity contribution is 7.69. The van der Waals surface area contributed by atoms with Crippen LogP contribution >= 0.6 is 7.71 Å². The monoisotopic (exact) mass is 531 g/mol. The Kier molecular flexibility index (Phi) is 15.7. The first-order valence-corrected chi connectivity index (χ1v) is 16.4. The minimum absolute atomic E-state index is 0. The van der Waals surface area contributed by atoms with Crippen molar-refractivity contribution in [1.82, 2.24) is 14.0 Å². The molecule has 0 aromatic heterocycles. The molecule has 0 saturated carbocycles. The van der Waals surface area contributed by atoms with Crippen molar-refractivity contribution in [2.75, 3.05) is 45.4 Å². The third kappa shape index (κ3) is 8.78. The SMILES string of the molecule is CCCCCCCCCCCC[P+](N1CCCCC1)(N1CCCCC1)N1CCCCC1.[Br-]. The van der Waals surface area contributed by atoms with Gasteiger partial charge in [-0.2, -0.15) is 0 Å². The van der Waals surface area contributed by atoms with Crippen LogP contribution in [-0.4, -0.2) is 59.4 Å². The van der Waals surface area contributed by atoms with E-state index < -0.39 is 7.71 Å². The molecular weight excluding hydrogens is 477 g/mol. The molecule has 3 heterocycles. The lowest BCUT2D eigenvalue weighted by Crippen LogP contribution is -3.00. The van der Waals surface area contributed by atoms with E-state index in [1.165, 1.54) is 167 Å². The third-order valence-corrected chi connectivity index (χ3v) is 13.0. The van der Waals surface area contributed by atoms with E-state index in [1.54, 1.807) is 0 Å². The molecule has 32 heavy (non-hydrogen) atoms. The van der Waals surface area contributed by atoms with Crippen molar-refractivity contribution in [3.8, 4) is 0 Å². The number of hydrogen-bond acceptors (Lipinski definition) is 3. The van der Waals surface area contributed by atoms with Crippen molar-refractivity contribution >= 4 is 7.71 Å². The standard InChI is InChI=1S/C27H55N3P.BrH/c1-2-3-4-5-6-7-8-9-10-20-27-31(28-21-14-11-15-22-28,29-23-16-12-17-24-29)30-25-18-13-19-26-30;/h2-27H2,1H3;1H/q+1;/p-1. The first-order chi connectivity index (χ1) is 15.4. The molecule has 0 N–H and O–H groups in total. The Bertz CT molecular complexity index is 401. The topological polar surface area (TPSA) is 9.72 Å². The molecule has 0 aromatic rings. The van der Waals surface area contributed by atoms with Gasteiger partial charge in [-0.1, -0.05) is 77.6 Å². The fourth-order valence-corrected chi connectivity index (χ4v) is 11.7. The van der Waals surface area contributed by atoms with Crippen LogP contribution in [0.3, 0.4) is 0 Å². The molecule has 0 aliphatic carbocycles. The molecule has 3 nitrogen and oxygen atoms in total. The number of hydrogen-bond donors (Lipinski definition) is 0. The van der Waals surface area contributed by atoms with E-state index in [-0.39, 0.29) is 17.0 Å². The average Bonchev–Trinajstić information content (AvgIpc) is 2.84. The Morgan fingerprint density at radius 2 is 0.750 bits per heavy atom. The zero-order valence-corrected chi connectivity index (χ0v) is 24.0. The van der Waals surface area contributed by atoms with Gasteiger partial charge in [0.05, 0.1) is 0 Å². The summed E-state index contributed by atoms with van der Waals surface area (Å²) in [6, 6.07) is 0. The van der Waals surface area contributed by atoms with Crippen molar-refractivity contribution in [2.45, 2.75) is 129 Å². The highest BCUT2D eigenvalue weighted by atomic mass is 79.9. The lowest BCUT2D eigenvalue weighted by atomic mass is 10.1. The Morgan fingerprint density at radius 1 is 0.438 bits per heavy atom. The number of halogens is 1. The van der Waals surface area contributed by atoms with Gasteiger partial charge in [0.2, 0.25) is 7.71 Å². The molecule has 0 aromatic carbocycles. The van der Waals surface area contributed by atoms with Gasteiger partial charge in [-0.25, -0.2) is 0 Å². The Morgan fingerprint density at radius 3 is 1.09 bits per heavy atom. The third-order valence-electron chi connectivity index (χ3n) is 8.17. The van der Waals surface area contributed by atoms with E-state index in [0.717, 1.165) is 0 Å². The number of rotatable bonds is 14. The highest BCUT2D eigenvalue weighted by Crippen LogP contribution is 2.69. The molecule has 0 radical (unpaired) electrons. The predicted octanol–water partition coefficient (Wildman–Crippen LogP) is 5.13. The Hall–Kier alpha value is 0.790. The highest BCUT2D eigenvalue weighted by Gasteiger charge is 2.55. The van der Waals surface area contributed by atoms with E-state index in [4.69, 9.17) is 0 Å².